The molecule has 0 bridgehead atoms. The van der Waals surface area contributed by atoms with Crippen molar-refractivity contribution in [3.8, 4) is 0 Å². The first-order valence-electron chi connectivity index (χ1n) is 7.02. The lowest BCUT2D eigenvalue weighted by atomic mass is 9.88. The Morgan fingerprint density at radius 3 is 2.90 bits per heavy atom. The van der Waals surface area contributed by atoms with Gasteiger partial charge in [-0.3, -0.25) is 9.69 Å². The Hall–Kier alpha value is -2.10. The molecule has 0 unspecified atom stereocenters. The van der Waals surface area contributed by atoms with Gasteiger partial charge in [0.25, 0.3) is 0 Å². The third-order valence-corrected chi connectivity index (χ3v) is 3.96. The zero-order valence-corrected chi connectivity index (χ0v) is 11.6. The average molecular weight is 270 g/mol. The van der Waals surface area contributed by atoms with E-state index in [1.165, 1.54) is 27.2 Å². The van der Waals surface area contributed by atoms with Gasteiger partial charge >= 0.3 is 6.03 Å². The number of carbonyl (C=O) groups is 2. The van der Waals surface area contributed by atoms with Gasteiger partial charge in [-0.05, 0) is 42.9 Å². The molecule has 0 spiro atoms. The highest BCUT2D eigenvalue weighted by Crippen LogP contribution is 2.29. The monoisotopic (exact) mass is 270 g/mol. The zero-order chi connectivity index (χ0) is 14.1. The summed E-state index contributed by atoms with van der Waals surface area (Å²) in [5.41, 5.74) is 5.14. The summed E-state index contributed by atoms with van der Waals surface area (Å²) in [7, 11) is 0. The van der Waals surface area contributed by atoms with Crippen molar-refractivity contribution in [2.75, 3.05) is 13.1 Å². The number of urea groups is 1. The quantitative estimate of drug-likeness (QED) is 0.857. The first kappa shape index (κ1) is 12.9. The number of nitrogens with one attached hydrogen (secondary N) is 1. The van der Waals surface area contributed by atoms with Crippen molar-refractivity contribution in [1.29, 1.82) is 0 Å². The fourth-order valence-corrected chi connectivity index (χ4v) is 2.87. The third kappa shape index (κ3) is 2.33. The molecule has 104 valence electrons. The molecule has 2 aliphatic rings. The van der Waals surface area contributed by atoms with Gasteiger partial charge in [0.1, 0.15) is 0 Å². The molecule has 1 aliphatic carbocycles. The van der Waals surface area contributed by atoms with E-state index in [1.54, 1.807) is 0 Å². The molecule has 1 saturated heterocycles. The van der Waals surface area contributed by atoms with Crippen LogP contribution in [0.1, 0.15) is 29.5 Å². The van der Waals surface area contributed by atoms with Crippen LogP contribution in [0.25, 0.3) is 5.57 Å². The van der Waals surface area contributed by atoms with Crippen molar-refractivity contribution in [2.24, 2.45) is 0 Å². The van der Waals surface area contributed by atoms with Gasteiger partial charge < -0.3 is 5.32 Å². The molecule has 1 fully saturated rings. The van der Waals surface area contributed by atoms with E-state index in [4.69, 9.17) is 0 Å². The summed E-state index contributed by atoms with van der Waals surface area (Å²) in [4.78, 5) is 24.4. The highest BCUT2D eigenvalue weighted by atomic mass is 16.2. The summed E-state index contributed by atoms with van der Waals surface area (Å²) < 4.78 is 0. The van der Waals surface area contributed by atoms with E-state index < -0.39 is 0 Å². The molecule has 3 amide bonds. The number of imide groups is 1. The summed E-state index contributed by atoms with van der Waals surface area (Å²) >= 11 is 0. The second kappa shape index (κ2) is 5.12. The van der Waals surface area contributed by atoms with E-state index in [0.717, 1.165) is 19.3 Å². The smallest absolute Gasteiger partial charge is 0.324 e. The van der Waals surface area contributed by atoms with E-state index in [-0.39, 0.29) is 18.5 Å². The van der Waals surface area contributed by atoms with Gasteiger partial charge in [-0.1, -0.05) is 29.8 Å². The molecule has 4 nitrogen and oxygen atoms in total. The predicted molar refractivity (Wildman–Crippen MR) is 77.2 cm³/mol. The standard InChI is InChI=1S/C16H18N2O2/c1-11-5-6-12-3-2-4-13(14(12)9-11)7-8-18-15(19)10-17-16(18)20/h4-6,9H,2-3,7-8,10H2,1H3,(H,17,20). The molecule has 0 radical (unpaired) electrons. The normalized spacial score (nSPS) is 17.9. The minimum Gasteiger partial charge on any atom is -0.329 e. The van der Waals surface area contributed by atoms with Crippen LogP contribution in [0.5, 0.6) is 0 Å². The second-order valence-electron chi connectivity index (χ2n) is 5.38. The van der Waals surface area contributed by atoms with Crippen LogP contribution in [0.3, 0.4) is 0 Å². The molecular weight excluding hydrogens is 252 g/mol. The van der Waals surface area contributed by atoms with Crippen LogP contribution in [0.15, 0.2) is 24.3 Å². The SMILES string of the molecule is Cc1ccc2c(c1)C(CCN1C(=O)CNC1=O)=CCC2. The molecule has 1 aromatic rings. The van der Waals surface area contributed by atoms with Crippen molar-refractivity contribution in [3.63, 3.8) is 0 Å². The van der Waals surface area contributed by atoms with Crippen LogP contribution in [0.4, 0.5) is 4.79 Å². The second-order valence-corrected chi connectivity index (χ2v) is 5.38. The van der Waals surface area contributed by atoms with Crippen LogP contribution < -0.4 is 5.32 Å². The molecule has 1 aromatic carbocycles. The Bertz CT molecular complexity index is 588. The number of fused-ring (bicyclic) bond motifs is 1. The van der Waals surface area contributed by atoms with E-state index in [0.29, 0.717) is 6.54 Å². The molecule has 3 rings (SSSR count). The molecule has 20 heavy (non-hydrogen) atoms. The van der Waals surface area contributed by atoms with Crippen LogP contribution in [-0.4, -0.2) is 29.9 Å². The minimum atomic E-state index is -0.268. The van der Waals surface area contributed by atoms with Gasteiger partial charge in [-0.2, -0.15) is 0 Å². The number of carbonyl (C=O) groups excluding carboxylic acids is 2. The van der Waals surface area contributed by atoms with Gasteiger partial charge in [-0.25, -0.2) is 4.79 Å². The van der Waals surface area contributed by atoms with Crippen LogP contribution in [0, 0.1) is 6.92 Å². The third-order valence-electron chi connectivity index (χ3n) is 3.96. The highest BCUT2D eigenvalue weighted by molar-refractivity contribution is 6.02. The Labute approximate surface area is 118 Å². The summed E-state index contributed by atoms with van der Waals surface area (Å²) in [5, 5.41) is 2.55. The molecule has 0 saturated carbocycles. The van der Waals surface area contributed by atoms with Crippen LogP contribution >= 0.6 is 0 Å². The first-order chi connectivity index (χ1) is 9.65. The van der Waals surface area contributed by atoms with E-state index in [1.807, 2.05) is 0 Å². The fourth-order valence-electron chi connectivity index (χ4n) is 2.87. The van der Waals surface area contributed by atoms with Gasteiger partial charge in [0.2, 0.25) is 5.91 Å². The van der Waals surface area contributed by atoms with Gasteiger partial charge in [0.15, 0.2) is 0 Å². The molecular formula is C16H18N2O2. The lowest BCUT2D eigenvalue weighted by Gasteiger charge is -2.20. The Morgan fingerprint density at radius 2 is 2.15 bits per heavy atom. The van der Waals surface area contributed by atoms with Gasteiger partial charge in [0.05, 0.1) is 6.54 Å². The van der Waals surface area contributed by atoms with Crippen molar-refractivity contribution in [2.45, 2.75) is 26.2 Å². The number of hydrogen-bond acceptors (Lipinski definition) is 2. The van der Waals surface area contributed by atoms with Gasteiger partial charge in [-0.15, -0.1) is 0 Å². The average Bonchev–Trinajstić information content (AvgIpc) is 2.76. The van der Waals surface area contributed by atoms with Crippen molar-refractivity contribution >= 4 is 17.5 Å². The molecule has 0 aromatic heterocycles. The van der Waals surface area contributed by atoms with E-state index in [2.05, 4.69) is 36.5 Å². The summed E-state index contributed by atoms with van der Waals surface area (Å²) in [6.45, 7) is 2.68. The lowest BCUT2D eigenvalue weighted by Crippen LogP contribution is -2.32. The molecule has 0 atom stereocenters. The molecule has 1 heterocycles. The maximum Gasteiger partial charge on any atom is 0.324 e. The molecule has 1 N–H and O–H groups in total. The maximum atomic E-state index is 11.6. The van der Waals surface area contributed by atoms with Crippen molar-refractivity contribution in [1.82, 2.24) is 10.2 Å². The van der Waals surface area contributed by atoms with Crippen LogP contribution in [0.2, 0.25) is 0 Å². The molecule has 4 heteroatoms. The zero-order valence-electron chi connectivity index (χ0n) is 11.6. The Kier molecular flexibility index (Phi) is 3.30. The first-order valence-corrected chi connectivity index (χ1v) is 7.02. The highest BCUT2D eigenvalue weighted by Gasteiger charge is 2.28. The summed E-state index contributed by atoms with van der Waals surface area (Å²) in [6, 6.07) is 6.26. The Morgan fingerprint density at radius 1 is 1.30 bits per heavy atom. The van der Waals surface area contributed by atoms with E-state index >= 15 is 0 Å². The number of allylic oxidation sites excluding steroid dienone is 1. The Balaban J connectivity index is 1.76. The van der Waals surface area contributed by atoms with Crippen molar-refractivity contribution in [3.05, 3.63) is 41.0 Å². The predicted octanol–water partition coefficient (Wildman–Crippen LogP) is 2.27. The number of aryl methyl sites for hydroxylation is 2. The molecule has 1 aliphatic heterocycles. The number of benzene rings is 1. The summed E-state index contributed by atoms with van der Waals surface area (Å²) in [6.07, 6.45) is 5.07. The van der Waals surface area contributed by atoms with Crippen molar-refractivity contribution < 1.29 is 9.59 Å². The van der Waals surface area contributed by atoms with E-state index in [9.17, 15) is 9.59 Å². The van der Waals surface area contributed by atoms with Gasteiger partial charge in [0, 0.05) is 6.54 Å². The lowest BCUT2D eigenvalue weighted by molar-refractivity contribution is -0.124. The topological polar surface area (TPSA) is 49.4 Å². The number of hydrogen-bond donors (Lipinski definition) is 1. The minimum absolute atomic E-state index is 0.129. The fraction of sp³-hybridized carbons (Fsp3) is 0.375. The largest absolute Gasteiger partial charge is 0.329 e. The summed E-state index contributed by atoms with van der Waals surface area (Å²) in [5.74, 6) is -0.129. The van der Waals surface area contributed by atoms with Crippen LogP contribution in [-0.2, 0) is 11.2 Å². The number of amides is 3. The number of nitrogens with zero attached hydrogens (tertiary/aromatic N) is 1. The maximum absolute atomic E-state index is 11.6. The number of rotatable bonds is 3.